The fraction of sp³-hybridized carbons (Fsp3) is 0.867. The van der Waals surface area contributed by atoms with Crippen LogP contribution >= 0.6 is 0 Å². The van der Waals surface area contributed by atoms with Gasteiger partial charge in [0.1, 0.15) is 6.54 Å². The van der Waals surface area contributed by atoms with Gasteiger partial charge in [0.05, 0.1) is 6.61 Å². The fourth-order valence-corrected chi connectivity index (χ4v) is 2.09. The van der Waals surface area contributed by atoms with Gasteiger partial charge in [-0.3, -0.25) is 9.59 Å². The highest BCUT2D eigenvalue weighted by molar-refractivity contribution is 5.85. The van der Waals surface area contributed by atoms with Crippen molar-refractivity contribution in [3.05, 3.63) is 0 Å². The van der Waals surface area contributed by atoms with E-state index in [0.29, 0.717) is 6.61 Å². The number of carbonyl (C=O) groups excluding carboxylic acids is 2. The summed E-state index contributed by atoms with van der Waals surface area (Å²) in [5, 5.41) is 0. The summed E-state index contributed by atoms with van der Waals surface area (Å²) < 4.78 is 4.86. The zero-order valence-corrected chi connectivity index (χ0v) is 13.1. The third kappa shape index (κ3) is 7.19. The van der Waals surface area contributed by atoms with Crippen molar-refractivity contribution in [2.45, 2.75) is 59.8 Å². The van der Waals surface area contributed by atoms with Crippen molar-refractivity contribution < 1.29 is 14.3 Å². The Kier molecular flexibility index (Phi) is 8.44. The summed E-state index contributed by atoms with van der Waals surface area (Å²) in [4.78, 5) is 25.1. The number of hydrogen-bond acceptors (Lipinski definition) is 3. The van der Waals surface area contributed by atoms with Gasteiger partial charge < -0.3 is 9.64 Å². The first kappa shape index (κ1) is 17.9. The number of likely N-dealkylation sites (N-methyl/N-ethyl adjacent to an activating group) is 1. The van der Waals surface area contributed by atoms with Crippen LogP contribution in [0.1, 0.15) is 59.8 Å². The normalized spacial score (nSPS) is 11.2. The number of esters is 1. The molecule has 0 fully saturated rings. The van der Waals surface area contributed by atoms with Gasteiger partial charge in [-0.15, -0.1) is 0 Å². The first-order valence-electron chi connectivity index (χ1n) is 7.26. The number of nitrogens with zero attached hydrogens (tertiary/aromatic N) is 1. The summed E-state index contributed by atoms with van der Waals surface area (Å²) >= 11 is 0. The van der Waals surface area contributed by atoms with Crippen molar-refractivity contribution in [1.82, 2.24) is 4.90 Å². The second-order valence-electron chi connectivity index (χ2n) is 5.66. The largest absolute Gasteiger partial charge is 0.465 e. The fourth-order valence-electron chi connectivity index (χ4n) is 2.09. The molecule has 0 rings (SSSR count). The van der Waals surface area contributed by atoms with Gasteiger partial charge in [-0.1, -0.05) is 46.5 Å². The maximum absolute atomic E-state index is 12.3. The van der Waals surface area contributed by atoms with Crippen LogP contribution < -0.4 is 0 Å². The van der Waals surface area contributed by atoms with E-state index in [9.17, 15) is 9.59 Å². The molecule has 0 aromatic heterocycles. The molecule has 0 heterocycles. The second-order valence-corrected chi connectivity index (χ2v) is 5.66. The van der Waals surface area contributed by atoms with Crippen LogP contribution in [0.25, 0.3) is 0 Å². The molecule has 0 bridgehead atoms. The van der Waals surface area contributed by atoms with Crippen LogP contribution in [0.4, 0.5) is 0 Å². The average molecular weight is 271 g/mol. The Bertz CT molecular complexity index is 287. The highest BCUT2D eigenvalue weighted by atomic mass is 16.5. The summed E-state index contributed by atoms with van der Waals surface area (Å²) in [5.41, 5.74) is -0.408. The standard InChI is InChI=1S/C15H29NO3/c1-6-8-9-10-11-15(3,4)14(18)16(5)12-13(17)19-7-2/h6-12H2,1-5H3. The minimum Gasteiger partial charge on any atom is -0.465 e. The van der Waals surface area contributed by atoms with E-state index in [0.717, 1.165) is 19.3 Å². The van der Waals surface area contributed by atoms with Crippen molar-refractivity contribution in [3.8, 4) is 0 Å². The Balaban J connectivity index is 4.23. The molecule has 0 N–H and O–H groups in total. The summed E-state index contributed by atoms with van der Waals surface area (Å²) in [6, 6.07) is 0. The quantitative estimate of drug-likeness (QED) is 0.478. The molecule has 0 atom stereocenters. The monoisotopic (exact) mass is 271 g/mol. The molecular weight excluding hydrogens is 242 g/mol. The molecule has 4 nitrogen and oxygen atoms in total. The van der Waals surface area contributed by atoms with Crippen LogP contribution in [0, 0.1) is 5.41 Å². The summed E-state index contributed by atoms with van der Waals surface area (Å²) in [7, 11) is 1.66. The van der Waals surface area contributed by atoms with Crippen molar-refractivity contribution in [3.63, 3.8) is 0 Å². The van der Waals surface area contributed by atoms with Crippen LogP contribution in [-0.4, -0.2) is 37.0 Å². The van der Waals surface area contributed by atoms with Gasteiger partial charge in [-0.25, -0.2) is 0 Å². The van der Waals surface area contributed by atoms with E-state index in [1.54, 1.807) is 14.0 Å². The smallest absolute Gasteiger partial charge is 0.325 e. The van der Waals surface area contributed by atoms with E-state index < -0.39 is 5.41 Å². The topological polar surface area (TPSA) is 46.6 Å². The number of rotatable bonds is 9. The molecular formula is C15H29NO3. The third-order valence-electron chi connectivity index (χ3n) is 3.25. The predicted octanol–water partition coefficient (Wildman–Crippen LogP) is 3.00. The Morgan fingerprint density at radius 1 is 1.11 bits per heavy atom. The maximum atomic E-state index is 12.3. The van der Waals surface area contributed by atoms with Crippen LogP contribution in [0.2, 0.25) is 0 Å². The van der Waals surface area contributed by atoms with Crippen molar-refractivity contribution >= 4 is 11.9 Å². The zero-order chi connectivity index (χ0) is 14.9. The van der Waals surface area contributed by atoms with Crippen LogP contribution in [0.5, 0.6) is 0 Å². The molecule has 4 heteroatoms. The van der Waals surface area contributed by atoms with Crippen molar-refractivity contribution in [1.29, 1.82) is 0 Å². The number of amides is 1. The average Bonchev–Trinajstić information content (AvgIpc) is 2.34. The van der Waals surface area contributed by atoms with E-state index in [1.807, 2.05) is 13.8 Å². The molecule has 0 aromatic carbocycles. The molecule has 19 heavy (non-hydrogen) atoms. The molecule has 0 aromatic rings. The minimum absolute atomic E-state index is 0.0112. The van der Waals surface area contributed by atoms with Gasteiger partial charge in [0.15, 0.2) is 0 Å². The zero-order valence-electron chi connectivity index (χ0n) is 13.1. The Morgan fingerprint density at radius 3 is 2.26 bits per heavy atom. The summed E-state index contributed by atoms with van der Waals surface area (Å²) in [5.74, 6) is -0.336. The lowest BCUT2D eigenvalue weighted by atomic mass is 9.85. The van der Waals surface area contributed by atoms with E-state index in [4.69, 9.17) is 4.74 Å². The Labute approximate surface area is 117 Å². The van der Waals surface area contributed by atoms with Crippen molar-refractivity contribution in [2.24, 2.45) is 5.41 Å². The van der Waals surface area contributed by atoms with Crippen molar-refractivity contribution in [2.75, 3.05) is 20.2 Å². The molecule has 112 valence electrons. The van der Waals surface area contributed by atoms with Gasteiger partial charge in [-0.2, -0.15) is 0 Å². The maximum Gasteiger partial charge on any atom is 0.325 e. The number of hydrogen-bond donors (Lipinski definition) is 0. The molecule has 1 amide bonds. The molecule has 0 aliphatic carbocycles. The Hall–Kier alpha value is -1.06. The molecule has 0 spiro atoms. The highest BCUT2D eigenvalue weighted by Crippen LogP contribution is 2.26. The molecule has 0 aliphatic rings. The van der Waals surface area contributed by atoms with E-state index in [1.165, 1.54) is 17.7 Å². The summed E-state index contributed by atoms with van der Waals surface area (Å²) in [6.07, 6.45) is 5.48. The number of ether oxygens (including phenoxy) is 1. The van der Waals surface area contributed by atoms with E-state index in [-0.39, 0.29) is 18.4 Å². The molecule has 0 saturated heterocycles. The van der Waals surface area contributed by atoms with Crippen LogP contribution in [0.3, 0.4) is 0 Å². The second kappa shape index (κ2) is 8.94. The molecule has 0 saturated carbocycles. The van der Waals surface area contributed by atoms with Gasteiger partial charge in [0.25, 0.3) is 0 Å². The van der Waals surface area contributed by atoms with Gasteiger partial charge in [0.2, 0.25) is 5.91 Å². The van der Waals surface area contributed by atoms with E-state index >= 15 is 0 Å². The lowest BCUT2D eigenvalue weighted by Crippen LogP contribution is -2.41. The minimum atomic E-state index is -0.408. The first-order chi connectivity index (χ1) is 8.85. The lowest BCUT2D eigenvalue weighted by molar-refractivity contribution is -0.151. The first-order valence-corrected chi connectivity index (χ1v) is 7.26. The number of unbranched alkanes of at least 4 members (excludes halogenated alkanes) is 3. The van der Waals surface area contributed by atoms with Gasteiger partial charge >= 0.3 is 5.97 Å². The summed E-state index contributed by atoms with van der Waals surface area (Å²) in [6.45, 7) is 8.21. The Morgan fingerprint density at radius 2 is 1.74 bits per heavy atom. The molecule has 0 aliphatic heterocycles. The SMILES string of the molecule is CCCCCCC(C)(C)C(=O)N(C)CC(=O)OCC. The molecule has 0 unspecified atom stereocenters. The lowest BCUT2D eigenvalue weighted by Gasteiger charge is -2.28. The van der Waals surface area contributed by atoms with E-state index in [2.05, 4.69) is 6.92 Å². The molecule has 0 radical (unpaired) electrons. The van der Waals surface area contributed by atoms with Gasteiger partial charge in [-0.05, 0) is 13.3 Å². The third-order valence-corrected chi connectivity index (χ3v) is 3.25. The number of carbonyl (C=O) groups is 2. The highest BCUT2D eigenvalue weighted by Gasteiger charge is 2.30. The van der Waals surface area contributed by atoms with Crippen LogP contribution in [0.15, 0.2) is 0 Å². The van der Waals surface area contributed by atoms with Gasteiger partial charge in [0, 0.05) is 12.5 Å². The predicted molar refractivity (Wildman–Crippen MR) is 76.8 cm³/mol. The van der Waals surface area contributed by atoms with Crippen LogP contribution in [-0.2, 0) is 14.3 Å².